The number of hydrogen-bond donors (Lipinski definition) is 1. The zero-order valence-corrected chi connectivity index (χ0v) is 18.2. The number of nitro groups is 1. The summed E-state index contributed by atoms with van der Waals surface area (Å²) in [5.74, 6) is 0.848. The molecule has 3 rings (SSSR count). The summed E-state index contributed by atoms with van der Waals surface area (Å²) in [7, 11) is 3.14. The molecule has 2 N–H and O–H groups in total. The van der Waals surface area contributed by atoms with Crippen molar-refractivity contribution in [3.63, 3.8) is 0 Å². The number of carbonyl (C=O) groups excluding carboxylic acids is 1. The number of ether oxygens (including phenoxy) is 2. The summed E-state index contributed by atoms with van der Waals surface area (Å²) in [6, 6.07) is 10.9. The normalized spacial score (nSPS) is 18.3. The number of nitro benzene ring substituents is 1. The van der Waals surface area contributed by atoms with Crippen LogP contribution in [0.3, 0.4) is 0 Å². The molecule has 8 heteroatoms. The van der Waals surface area contributed by atoms with Crippen molar-refractivity contribution in [1.82, 2.24) is 0 Å². The van der Waals surface area contributed by atoms with Crippen molar-refractivity contribution in [2.45, 2.75) is 45.2 Å². The summed E-state index contributed by atoms with van der Waals surface area (Å²) in [4.78, 5) is 25.1. The van der Waals surface area contributed by atoms with Crippen LogP contribution in [-0.2, 0) is 11.3 Å². The monoisotopic (exact) mass is 427 g/mol. The Morgan fingerprint density at radius 1 is 1.13 bits per heavy atom. The Bertz CT molecular complexity index is 954. The number of nitrogens with two attached hydrogens (primary N) is 1. The fraction of sp³-hybridized carbons (Fsp3) is 0.435. The largest absolute Gasteiger partial charge is 0.496 e. The topological polar surface area (TPSA) is 108 Å². The Morgan fingerprint density at radius 2 is 1.81 bits per heavy atom. The van der Waals surface area contributed by atoms with Crippen molar-refractivity contribution in [2.24, 2.45) is 11.7 Å². The van der Waals surface area contributed by atoms with Crippen molar-refractivity contribution in [2.75, 3.05) is 19.1 Å². The van der Waals surface area contributed by atoms with E-state index in [0.29, 0.717) is 30.7 Å². The number of carbonyl (C=O) groups is 1. The van der Waals surface area contributed by atoms with Crippen molar-refractivity contribution in [3.8, 4) is 11.5 Å². The Labute approximate surface area is 182 Å². The highest BCUT2D eigenvalue weighted by molar-refractivity contribution is 5.76. The van der Waals surface area contributed by atoms with Gasteiger partial charge in [-0.15, -0.1) is 0 Å². The minimum absolute atomic E-state index is 0.0225. The van der Waals surface area contributed by atoms with Crippen LogP contribution in [0.15, 0.2) is 36.4 Å². The molecule has 1 aliphatic rings. The third kappa shape index (κ3) is 4.90. The van der Waals surface area contributed by atoms with Crippen LogP contribution >= 0.6 is 0 Å². The molecule has 0 atom stereocenters. The molecule has 0 aromatic heterocycles. The van der Waals surface area contributed by atoms with Crippen LogP contribution in [0.1, 0.15) is 36.8 Å². The Kier molecular flexibility index (Phi) is 6.99. The van der Waals surface area contributed by atoms with Crippen molar-refractivity contribution in [3.05, 3.63) is 57.6 Å². The Hall–Kier alpha value is -3.29. The molecule has 166 valence electrons. The van der Waals surface area contributed by atoms with E-state index >= 15 is 0 Å². The van der Waals surface area contributed by atoms with E-state index in [4.69, 9.17) is 15.2 Å². The maximum atomic E-state index is 11.7. The van der Waals surface area contributed by atoms with Crippen LogP contribution < -0.4 is 20.1 Å². The van der Waals surface area contributed by atoms with E-state index in [9.17, 15) is 14.9 Å². The molecular weight excluding hydrogens is 398 g/mol. The van der Waals surface area contributed by atoms with Gasteiger partial charge < -0.3 is 20.1 Å². The molecule has 2 aromatic carbocycles. The third-order valence-corrected chi connectivity index (χ3v) is 6.12. The molecule has 0 bridgehead atoms. The van der Waals surface area contributed by atoms with Gasteiger partial charge in [0.25, 0.3) is 5.69 Å². The number of primary amides is 1. The first kappa shape index (κ1) is 22.4. The lowest BCUT2D eigenvalue weighted by Gasteiger charge is -2.38. The van der Waals surface area contributed by atoms with E-state index < -0.39 is 0 Å². The van der Waals surface area contributed by atoms with E-state index in [1.165, 1.54) is 13.2 Å². The summed E-state index contributed by atoms with van der Waals surface area (Å²) < 4.78 is 11.0. The van der Waals surface area contributed by atoms with Gasteiger partial charge in [-0.1, -0.05) is 12.1 Å². The second-order valence-corrected chi connectivity index (χ2v) is 7.90. The molecule has 0 radical (unpaired) electrons. The number of nitrogens with zero attached hydrogens (tertiary/aromatic N) is 2. The summed E-state index contributed by atoms with van der Waals surface area (Å²) in [5, 5.41) is 11.7. The standard InChI is InChI=1S/C23H29N3O5/c1-15-7-10-18(13-22(15)31-3)25(17-11-8-16(9-12-17)23(24)27)14-19-20(26(28)29)5-4-6-21(19)30-2/h4-7,10,13,16-17H,8-9,11-12,14H2,1-3H3,(H2,24,27). The fourth-order valence-corrected chi connectivity index (χ4v) is 4.34. The molecule has 2 aromatic rings. The van der Waals surface area contributed by atoms with Gasteiger partial charge in [0, 0.05) is 29.8 Å². The smallest absolute Gasteiger partial charge is 0.278 e. The zero-order valence-electron chi connectivity index (χ0n) is 18.2. The average molecular weight is 428 g/mol. The lowest BCUT2D eigenvalue weighted by atomic mass is 9.84. The quantitative estimate of drug-likeness (QED) is 0.504. The van der Waals surface area contributed by atoms with Gasteiger partial charge >= 0.3 is 0 Å². The first-order valence-corrected chi connectivity index (χ1v) is 10.4. The molecule has 0 saturated heterocycles. The van der Waals surface area contributed by atoms with Crippen LogP contribution in [-0.4, -0.2) is 31.1 Å². The van der Waals surface area contributed by atoms with Crippen LogP contribution in [0.2, 0.25) is 0 Å². The molecule has 31 heavy (non-hydrogen) atoms. The molecule has 0 aliphatic heterocycles. The van der Waals surface area contributed by atoms with Crippen LogP contribution in [0.25, 0.3) is 0 Å². The average Bonchev–Trinajstić information content (AvgIpc) is 2.77. The van der Waals surface area contributed by atoms with Gasteiger partial charge in [0.1, 0.15) is 11.5 Å². The molecule has 8 nitrogen and oxygen atoms in total. The lowest BCUT2D eigenvalue weighted by Crippen LogP contribution is -2.40. The van der Waals surface area contributed by atoms with Crippen molar-refractivity contribution in [1.29, 1.82) is 0 Å². The number of methoxy groups -OCH3 is 2. The number of benzene rings is 2. The van der Waals surface area contributed by atoms with Crippen LogP contribution in [0.5, 0.6) is 11.5 Å². The van der Waals surface area contributed by atoms with E-state index in [0.717, 1.165) is 29.8 Å². The molecule has 1 aliphatic carbocycles. The van der Waals surface area contributed by atoms with Gasteiger partial charge in [0.05, 0.1) is 31.3 Å². The van der Waals surface area contributed by atoms with Gasteiger partial charge in [-0.2, -0.15) is 0 Å². The molecule has 0 spiro atoms. The number of anilines is 1. The number of aryl methyl sites for hydroxylation is 1. The van der Waals surface area contributed by atoms with Crippen LogP contribution in [0.4, 0.5) is 11.4 Å². The summed E-state index contributed by atoms with van der Waals surface area (Å²) >= 11 is 0. The highest BCUT2D eigenvalue weighted by Gasteiger charge is 2.31. The highest BCUT2D eigenvalue weighted by Crippen LogP contribution is 2.37. The molecule has 1 amide bonds. The van der Waals surface area contributed by atoms with E-state index in [2.05, 4.69) is 4.90 Å². The lowest BCUT2D eigenvalue weighted by molar-refractivity contribution is -0.385. The van der Waals surface area contributed by atoms with E-state index in [1.807, 2.05) is 25.1 Å². The minimum atomic E-state index is -0.379. The van der Waals surface area contributed by atoms with Gasteiger partial charge in [0.15, 0.2) is 0 Å². The molecular formula is C23H29N3O5. The zero-order chi connectivity index (χ0) is 22.5. The molecule has 0 unspecified atom stereocenters. The highest BCUT2D eigenvalue weighted by atomic mass is 16.6. The molecule has 1 fully saturated rings. The Balaban J connectivity index is 2.02. The van der Waals surface area contributed by atoms with Gasteiger partial charge in [-0.3, -0.25) is 14.9 Å². The van der Waals surface area contributed by atoms with Gasteiger partial charge in [-0.25, -0.2) is 0 Å². The second-order valence-electron chi connectivity index (χ2n) is 7.90. The predicted octanol–water partition coefficient (Wildman–Crippen LogP) is 3.97. The number of amides is 1. The van der Waals surface area contributed by atoms with Crippen LogP contribution in [0, 0.1) is 23.0 Å². The first-order valence-electron chi connectivity index (χ1n) is 10.4. The molecule has 0 heterocycles. The van der Waals surface area contributed by atoms with Crippen molar-refractivity contribution < 1.29 is 19.2 Å². The SMILES string of the molecule is COc1cc(N(Cc2c(OC)cccc2[N+](=O)[O-])C2CCC(C(N)=O)CC2)ccc1C. The summed E-state index contributed by atoms with van der Waals surface area (Å²) in [6.07, 6.45) is 2.94. The first-order chi connectivity index (χ1) is 14.8. The fourth-order valence-electron chi connectivity index (χ4n) is 4.34. The maximum absolute atomic E-state index is 11.7. The number of hydrogen-bond acceptors (Lipinski definition) is 6. The summed E-state index contributed by atoms with van der Waals surface area (Å²) in [6.45, 7) is 2.27. The number of rotatable bonds is 8. The van der Waals surface area contributed by atoms with E-state index in [-0.39, 0.29) is 28.5 Å². The van der Waals surface area contributed by atoms with E-state index in [1.54, 1.807) is 19.2 Å². The summed E-state index contributed by atoms with van der Waals surface area (Å²) in [5.41, 5.74) is 7.96. The van der Waals surface area contributed by atoms with Crippen molar-refractivity contribution >= 4 is 17.3 Å². The predicted molar refractivity (Wildman–Crippen MR) is 119 cm³/mol. The molecule has 1 saturated carbocycles. The maximum Gasteiger partial charge on any atom is 0.278 e. The third-order valence-electron chi connectivity index (χ3n) is 6.12. The van der Waals surface area contributed by atoms with Gasteiger partial charge in [0.2, 0.25) is 5.91 Å². The van der Waals surface area contributed by atoms with Gasteiger partial charge in [-0.05, 0) is 50.3 Å². The minimum Gasteiger partial charge on any atom is -0.496 e. The Morgan fingerprint density at radius 3 is 2.39 bits per heavy atom. The second kappa shape index (κ2) is 9.68.